The average Bonchev–Trinajstić information content (AvgIpc) is 4.16. The first kappa shape index (κ1) is 38.5. The second kappa shape index (κ2) is 15.0. The fourth-order valence-corrected chi connectivity index (χ4v) is 11.0. The Bertz CT molecular complexity index is 4560. The molecule has 5 aromatic heterocycles. The van der Waals surface area contributed by atoms with Crippen LogP contribution in [0.2, 0.25) is 0 Å². The van der Waals surface area contributed by atoms with Crippen molar-refractivity contribution < 1.29 is 4.42 Å². The van der Waals surface area contributed by atoms with Gasteiger partial charge in [-0.05, 0) is 96.1 Å². The average molecular weight is 895 g/mol. The second-order valence-electron chi connectivity index (χ2n) is 18.0. The summed E-state index contributed by atoms with van der Waals surface area (Å²) in [6, 6.07) is 81.6. The highest BCUT2D eigenvalue weighted by atomic mass is 16.3. The van der Waals surface area contributed by atoms with Crippen LogP contribution >= 0.6 is 0 Å². The van der Waals surface area contributed by atoms with Crippen molar-refractivity contribution in [3.63, 3.8) is 0 Å². The van der Waals surface area contributed by atoms with Crippen LogP contribution in [-0.2, 0) is 0 Å². The summed E-state index contributed by atoms with van der Waals surface area (Å²) < 4.78 is 13.2. The molecular weight excluding hydrogens is 857 g/mol. The normalized spacial score (nSPS) is 12.0. The number of para-hydroxylation sites is 5. The molecule has 7 nitrogen and oxygen atoms in total. The number of rotatable bonds is 6. The third-order valence-corrected chi connectivity index (χ3v) is 14.1. The molecule has 0 spiro atoms. The maximum absolute atomic E-state index is 6.25. The van der Waals surface area contributed by atoms with Gasteiger partial charge in [0.2, 0.25) is 5.95 Å². The largest absolute Gasteiger partial charge is 0.456 e. The van der Waals surface area contributed by atoms with E-state index in [-0.39, 0.29) is 0 Å². The lowest BCUT2D eigenvalue weighted by molar-refractivity contribution is 0.669. The number of aromatic nitrogens is 6. The van der Waals surface area contributed by atoms with Gasteiger partial charge in [0.25, 0.3) is 0 Å². The molecule has 0 N–H and O–H groups in total. The zero-order chi connectivity index (χ0) is 45.9. The molecule has 15 aromatic rings. The predicted octanol–water partition coefficient (Wildman–Crippen LogP) is 16.1. The van der Waals surface area contributed by atoms with Crippen molar-refractivity contribution in [2.75, 3.05) is 0 Å². The number of hydrogen-bond acceptors (Lipinski definition) is 4. The quantitative estimate of drug-likeness (QED) is 0.167. The summed E-state index contributed by atoms with van der Waals surface area (Å²) in [5, 5.41) is 9.14. The highest BCUT2D eigenvalue weighted by Crippen LogP contribution is 2.41. The fourth-order valence-electron chi connectivity index (χ4n) is 11.0. The minimum absolute atomic E-state index is 0.545. The molecule has 70 heavy (non-hydrogen) atoms. The van der Waals surface area contributed by atoms with Gasteiger partial charge in [0.15, 0.2) is 11.6 Å². The van der Waals surface area contributed by atoms with Crippen molar-refractivity contribution >= 4 is 87.4 Å². The second-order valence-corrected chi connectivity index (χ2v) is 18.0. The SMILES string of the molecule is c1ccc(-c2cccc(-n3c4ccccc4c4cc5c6ccccc6n(-c6cccc(-c7nc(-c8ccc9oc%10ccccc%10c9c8)nc(-n8c9ccccc9c9ccccc98)n7)c6)c5cc43)c2)cc1. The fraction of sp³-hybridized carbons (Fsp3) is 0. The third kappa shape index (κ3) is 5.79. The van der Waals surface area contributed by atoms with E-state index in [1.165, 1.54) is 32.7 Å². The van der Waals surface area contributed by atoms with E-state index in [0.717, 1.165) is 88.3 Å². The maximum Gasteiger partial charge on any atom is 0.238 e. The van der Waals surface area contributed by atoms with Gasteiger partial charge in [0.1, 0.15) is 11.2 Å². The van der Waals surface area contributed by atoms with Gasteiger partial charge in [0, 0.05) is 65.6 Å². The van der Waals surface area contributed by atoms with Gasteiger partial charge in [-0.15, -0.1) is 0 Å². The van der Waals surface area contributed by atoms with Crippen molar-refractivity contribution in [1.82, 2.24) is 28.7 Å². The smallest absolute Gasteiger partial charge is 0.238 e. The van der Waals surface area contributed by atoms with Crippen molar-refractivity contribution in [1.29, 1.82) is 0 Å². The lowest BCUT2D eigenvalue weighted by Crippen LogP contribution is -2.06. The molecule has 0 amide bonds. The van der Waals surface area contributed by atoms with Gasteiger partial charge in [-0.3, -0.25) is 4.57 Å². The van der Waals surface area contributed by atoms with E-state index in [0.29, 0.717) is 17.6 Å². The first-order valence-corrected chi connectivity index (χ1v) is 23.6. The molecule has 0 radical (unpaired) electrons. The van der Waals surface area contributed by atoms with Gasteiger partial charge in [-0.2, -0.15) is 9.97 Å². The van der Waals surface area contributed by atoms with Crippen LogP contribution in [0.15, 0.2) is 235 Å². The Hall–Kier alpha value is -9.59. The first-order chi connectivity index (χ1) is 34.7. The Kier molecular flexibility index (Phi) is 8.23. The van der Waals surface area contributed by atoms with E-state index in [1.54, 1.807) is 0 Å². The Morgan fingerprint density at radius 2 is 0.714 bits per heavy atom. The zero-order valence-electron chi connectivity index (χ0n) is 37.5. The van der Waals surface area contributed by atoms with Crippen LogP contribution in [0.3, 0.4) is 0 Å². The summed E-state index contributed by atoms with van der Waals surface area (Å²) in [4.78, 5) is 16.0. The molecule has 326 valence electrons. The molecule has 0 saturated heterocycles. The van der Waals surface area contributed by atoms with E-state index in [2.05, 4.69) is 214 Å². The molecule has 5 heterocycles. The molecule has 0 atom stereocenters. The standard InChI is InChI=1S/C63H38N6O/c1-2-16-39(17-3-1)40-18-14-20-43(34-40)67-53-27-9-6-24-47(53)50-37-51-48-25-7-10-28-54(48)68(58(51)38-57(50)67)44-21-15-19-41(35-44)61-64-62(42-32-33-60-52(36-42)49-26-8-13-31-59(49)70-60)66-63(65-61)69-55-29-11-4-22-45(55)46-23-5-12-30-56(46)69/h1-38H. The molecule has 0 aliphatic heterocycles. The molecule has 0 aliphatic rings. The van der Waals surface area contributed by atoms with E-state index in [1.807, 2.05) is 30.3 Å². The Morgan fingerprint density at radius 3 is 1.33 bits per heavy atom. The van der Waals surface area contributed by atoms with Crippen molar-refractivity contribution in [3.8, 4) is 51.2 Å². The minimum Gasteiger partial charge on any atom is -0.456 e. The number of benzene rings is 10. The molecule has 0 fully saturated rings. The minimum atomic E-state index is 0.545. The predicted molar refractivity (Wildman–Crippen MR) is 286 cm³/mol. The van der Waals surface area contributed by atoms with Crippen LogP contribution in [-0.4, -0.2) is 28.7 Å². The zero-order valence-corrected chi connectivity index (χ0v) is 37.5. The van der Waals surface area contributed by atoms with Crippen LogP contribution in [0.1, 0.15) is 0 Å². The molecule has 0 saturated carbocycles. The molecule has 0 unspecified atom stereocenters. The molecule has 10 aromatic carbocycles. The van der Waals surface area contributed by atoms with E-state index >= 15 is 0 Å². The van der Waals surface area contributed by atoms with Gasteiger partial charge >= 0.3 is 0 Å². The monoisotopic (exact) mass is 894 g/mol. The Balaban J connectivity index is 0.957. The van der Waals surface area contributed by atoms with Crippen molar-refractivity contribution in [2.45, 2.75) is 0 Å². The number of nitrogens with zero attached hydrogens (tertiary/aromatic N) is 6. The number of fused-ring (bicyclic) bond motifs is 12. The molecular formula is C63H38N6O. The summed E-state index contributed by atoms with van der Waals surface area (Å²) >= 11 is 0. The number of hydrogen-bond donors (Lipinski definition) is 0. The maximum atomic E-state index is 6.25. The summed E-state index contributed by atoms with van der Waals surface area (Å²) in [6.07, 6.45) is 0. The lowest BCUT2D eigenvalue weighted by atomic mass is 10.1. The summed E-state index contributed by atoms with van der Waals surface area (Å²) in [7, 11) is 0. The molecule has 7 heteroatoms. The Morgan fingerprint density at radius 1 is 0.257 bits per heavy atom. The number of furan rings is 1. The molecule has 0 bridgehead atoms. The van der Waals surface area contributed by atoms with E-state index < -0.39 is 0 Å². The Labute approximate surface area is 400 Å². The van der Waals surface area contributed by atoms with Crippen LogP contribution in [0.25, 0.3) is 139 Å². The van der Waals surface area contributed by atoms with Gasteiger partial charge in [-0.1, -0.05) is 146 Å². The highest BCUT2D eigenvalue weighted by molar-refractivity contribution is 6.19. The highest BCUT2D eigenvalue weighted by Gasteiger charge is 2.22. The van der Waals surface area contributed by atoms with E-state index in [4.69, 9.17) is 19.4 Å². The topological polar surface area (TPSA) is 66.6 Å². The summed E-state index contributed by atoms with van der Waals surface area (Å²) in [6.45, 7) is 0. The van der Waals surface area contributed by atoms with Gasteiger partial charge < -0.3 is 13.6 Å². The summed E-state index contributed by atoms with van der Waals surface area (Å²) in [5.74, 6) is 1.69. The van der Waals surface area contributed by atoms with Crippen LogP contribution in [0.5, 0.6) is 0 Å². The third-order valence-electron chi connectivity index (χ3n) is 14.1. The van der Waals surface area contributed by atoms with Crippen molar-refractivity contribution in [2.24, 2.45) is 0 Å². The van der Waals surface area contributed by atoms with Crippen molar-refractivity contribution in [3.05, 3.63) is 231 Å². The lowest BCUT2D eigenvalue weighted by Gasteiger charge is -2.13. The molecule has 0 aliphatic carbocycles. The first-order valence-electron chi connectivity index (χ1n) is 23.6. The summed E-state index contributed by atoms with van der Waals surface area (Å²) in [5.41, 5.74) is 14.5. The molecule has 15 rings (SSSR count). The van der Waals surface area contributed by atoms with E-state index in [9.17, 15) is 0 Å². The van der Waals surface area contributed by atoms with Gasteiger partial charge in [0.05, 0.1) is 33.1 Å². The van der Waals surface area contributed by atoms with Crippen LogP contribution < -0.4 is 0 Å². The van der Waals surface area contributed by atoms with Crippen LogP contribution in [0.4, 0.5) is 0 Å². The van der Waals surface area contributed by atoms with Gasteiger partial charge in [-0.25, -0.2) is 4.98 Å². The van der Waals surface area contributed by atoms with Crippen LogP contribution in [0, 0.1) is 0 Å².